The molecule has 1 saturated heterocycles. The van der Waals surface area contributed by atoms with Crippen molar-refractivity contribution in [3.05, 3.63) is 11.1 Å². The van der Waals surface area contributed by atoms with E-state index in [2.05, 4.69) is 9.59 Å². The number of sulfone groups is 1. The van der Waals surface area contributed by atoms with Crippen LogP contribution in [0.3, 0.4) is 0 Å². The van der Waals surface area contributed by atoms with Crippen molar-refractivity contribution < 1.29 is 8.42 Å². The Balaban J connectivity index is 2.12. The van der Waals surface area contributed by atoms with Gasteiger partial charge in [0.15, 0.2) is 9.84 Å². The normalized spacial score (nSPS) is 30.6. The molecule has 1 aliphatic rings. The van der Waals surface area contributed by atoms with Crippen LogP contribution in [0.15, 0.2) is 6.20 Å². The first kappa shape index (κ1) is 10.0. The molecule has 1 unspecified atom stereocenters. The molecule has 78 valence electrons. The molecule has 0 aliphatic carbocycles. The lowest BCUT2D eigenvalue weighted by Crippen LogP contribution is -2.43. The molecule has 1 aromatic rings. The average Bonchev–Trinajstić information content (AvgIpc) is 2.60. The topological polar surface area (TPSA) is 85.9 Å². The number of hydrogen-bond donors (Lipinski definition) is 1. The third kappa shape index (κ3) is 2.10. The first-order chi connectivity index (χ1) is 6.49. The van der Waals surface area contributed by atoms with Crippen molar-refractivity contribution >= 4 is 21.4 Å². The molecule has 7 heteroatoms. The molecule has 0 spiro atoms. The number of aromatic nitrogens is 2. The molecule has 0 radical (unpaired) electrons. The second-order valence-electron chi connectivity index (χ2n) is 3.76. The summed E-state index contributed by atoms with van der Waals surface area (Å²) in [6, 6.07) is 0. The first-order valence-electron chi connectivity index (χ1n) is 4.25. The van der Waals surface area contributed by atoms with Gasteiger partial charge in [0, 0.05) is 16.8 Å². The summed E-state index contributed by atoms with van der Waals surface area (Å²) >= 11 is 1.27. The summed E-state index contributed by atoms with van der Waals surface area (Å²) in [5, 5.41) is 3.70. The van der Waals surface area contributed by atoms with Gasteiger partial charge in [-0.15, -0.1) is 5.10 Å². The Hall–Kier alpha value is -0.530. The second-order valence-corrected chi connectivity index (χ2v) is 6.82. The molecule has 5 nitrogen and oxygen atoms in total. The van der Waals surface area contributed by atoms with E-state index < -0.39 is 15.4 Å². The third-order valence-corrected chi connectivity index (χ3v) is 4.85. The van der Waals surface area contributed by atoms with E-state index in [0.717, 1.165) is 4.88 Å². The van der Waals surface area contributed by atoms with Gasteiger partial charge in [0.2, 0.25) is 0 Å². The van der Waals surface area contributed by atoms with Gasteiger partial charge < -0.3 is 5.73 Å². The Morgan fingerprint density at radius 2 is 2.43 bits per heavy atom. The third-order valence-electron chi connectivity index (χ3n) is 2.35. The van der Waals surface area contributed by atoms with Gasteiger partial charge in [-0.1, -0.05) is 4.49 Å². The second kappa shape index (κ2) is 3.25. The highest BCUT2D eigenvalue weighted by Gasteiger charge is 2.39. The zero-order valence-electron chi connectivity index (χ0n) is 7.51. The van der Waals surface area contributed by atoms with Crippen LogP contribution in [-0.4, -0.2) is 35.0 Å². The molecule has 0 amide bonds. The zero-order valence-corrected chi connectivity index (χ0v) is 9.14. The molecule has 2 heterocycles. The molecule has 14 heavy (non-hydrogen) atoms. The Kier molecular flexibility index (Phi) is 2.32. The number of rotatable bonds is 2. The molecular weight excluding hydrogens is 222 g/mol. The molecule has 1 fully saturated rings. The quantitative estimate of drug-likeness (QED) is 0.751. The van der Waals surface area contributed by atoms with Crippen molar-refractivity contribution in [1.82, 2.24) is 9.59 Å². The SMILES string of the molecule is NC1(Cc2cnns2)CCS(=O)(=O)C1. The van der Waals surface area contributed by atoms with Crippen molar-refractivity contribution in [3.8, 4) is 0 Å². The summed E-state index contributed by atoms with van der Waals surface area (Å²) in [4.78, 5) is 0.949. The van der Waals surface area contributed by atoms with Crippen molar-refractivity contribution in [2.75, 3.05) is 11.5 Å². The van der Waals surface area contributed by atoms with Crippen LogP contribution in [0.2, 0.25) is 0 Å². The maximum absolute atomic E-state index is 11.3. The highest BCUT2D eigenvalue weighted by atomic mass is 32.2. The van der Waals surface area contributed by atoms with Gasteiger partial charge >= 0.3 is 0 Å². The van der Waals surface area contributed by atoms with Gasteiger partial charge in [-0.25, -0.2) is 8.42 Å². The van der Waals surface area contributed by atoms with E-state index in [1.165, 1.54) is 11.5 Å². The Morgan fingerprint density at radius 1 is 1.64 bits per heavy atom. The maximum Gasteiger partial charge on any atom is 0.152 e. The Bertz CT molecular complexity index is 414. The molecule has 0 saturated carbocycles. The highest BCUT2D eigenvalue weighted by molar-refractivity contribution is 7.91. The average molecular weight is 233 g/mol. The molecule has 0 aromatic carbocycles. The van der Waals surface area contributed by atoms with Crippen LogP contribution in [0.25, 0.3) is 0 Å². The molecule has 1 aliphatic heterocycles. The van der Waals surface area contributed by atoms with Gasteiger partial charge in [-0.2, -0.15) is 0 Å². The van der Waals surface area contributed by atoms with E-state index >= 15 is 0 Å². The summed E-state index contributed by atoms with van der Waals surface area (Å²) in [6.45, 7) is 0. The van der Waals surface area contributed by atoms with Gasteiger partial charge in [0.05, 0.1) is 17.7 Å². The molecular formula is C7H11N3O2S2. The summed E-state index contributed by atoms with van der Waals surface area (Å²) in [7, 11) is -2.92. The van der Waals surface area contributed by atoms with Crippen molar-refractivity contribution in [1.29, 1.82) is 0 Å². The summed E-state index contributed by atoms with van der Waals surface area (Å²) in [5.41, 5.74) is 5.39. The summed E-state index contributed by atoms with van der Waals surface area (Å²) in [6.07, 6.45) is 2.74. The predicted octanol–water partition coefficient (Wildman–Crippen LogP) is -0.403. The summed E-state index contributed by atoms with van der Waals surface area (Å²) in [5.74, 6) is 0.285. The van der Waals surface area contributed by atoms with E-state index in [4.69, 9.17) is 5.73 Å². The van der Waals surface area contributed by atoms with Gasteiger partial charge in [0.1, 0.15) is 0 Å². The minimum Gasteiger partial charge on any atom is -0.324 e. The van der Waals surface area contributed by atoms with E-state index in [1.54, 1.807) is 6.20 Å². The van der Waals surface area contributed by atoms with E-state index in [9.17, 15) is 8.42 Å². The molecule has 2 rings (SSSR count). The van der Waals surface area contributed by atoms with Crippen LogP contribution in [0.4, 0.5) is 0 Å². The molecule has 1 aromatic heterocycles. The van der Waals surface area contributed by atoms with Crippen LogP contribution in [0.1, 0.15) is 11.3 Å². The lowest BCUT2D eigenvalue weighted by atomic mass is 9.96. The van der Waals surface area contributed by atoms with Crippen LogP contribution in [0.5, 0.6) is 0 Å². The minimum absolute atomic E-state index is 0.0812. The maximum atomic E-state index is 11.3. The van der Waals surface area contributed by atoms with Crippen LogP contribution in [-0.2, 0) is 16.3 Å². The summed E-state index contributed by atoms with van der Waals surface area (Å²) < 4.78 is 26.3. The van der Waals surface area contributed by atoms with Crippen LogP contribution in [0, 0.1) is 0 Å². The molecule has 2 N–H and O–H groups in total. The molecule has 0 bridgehead atoms. The highest BCUT2D eigenvalue weighted by Crippen LogP contribution is 2.25. The van der Waals surface area contributed by atoms with Gasteiger partial charge in [0.25, 0.3) is 0 Å². The van der Waals surface area contributed by atoms with Gasteiger partial charge in [-0.3, -0.25) is 0 Å². The smallest absolute Gasteiger partial charge is 0.152 e. The Morgan fingerprint density at radius 3 is 2.93 bits per heavy atom. The lowest BCUT2D eigenvalue weighted by molar-refractivity contribution is 0.479. The monoisotopic (exact) mass is 233 g/mol. The number of hydrogen-bond acceptors (Lipinski definition) is 6. The standard InChI is InChI=1S/C7H11N3O2S2/c8-7(1-2-14(11,12)5-7)3-6-4-9-10-13-6/h4H,1-3,5,8H2. The van der Waals surface area contributed by atoms with E-state index in [-0.39, 0.29) is 11.5 Å². The van der Waals surface area contributed by atoms with Gasteiger partial charge in [-0.05, 0) is 18.0 Å². The van der Waals surface area contributed by atoms with Crippen molar-refractivity contribution in [2.24, 2.45) is 5.73 Å². The van der Waals surface area contributed by atoms with E-state index in [0.29, 0.717) is 12.8 Å². The minimum atomic E-state index is -2.92. The lowest BCUT2D eigenvalue weighted by Gasteiger charge is -2.20. The Labute approximate surface area is 86.4 Å². The van der Waals surface area contributed by atoms with Crippen molar-refractivity contribution in [3.63, 3.8) is 0 Å². The zero-order chi connectivity index (χ0) is 10.2. The number of nitrogens with zero attached hydrogens (tertiary/aromatic N) is 2. The number of nitrogens with two attached hydrogens (primary N) is 1. The predicted molar refractivity (Wildman–Crippen MR) is 53.8 cm³/mol. The van der Waals surface area contributed by atoms with Crippen molar-refractivity contribution in [2.45, 2.75) is 18.4 Å². The van der Waals surface area contributed by atoms with Crippen LogP contribution < -0.4 is 5.73 Å². The fourth-order valence-corrected chi connectivity index (χ4v) is 4.32. The first-order valence-corrected chi connectivity index (χ1v) is 6.84. The van der Waals surface area contributed by atoms with E-state index in [1.807, 2.05) is 0 Å². The molecule has 1 atom stereocenters. The fourth-order valence-electron chi connectivity index (χ4n) is 1.69. The largest absolute Gasteiger partial charge is 0.324 e. The van der Waals surface area contributed by atoms with Crippen LogP contribution >= 0.6 is 11.5 Å². The fraction of sp³-hybridized carbons (Fsp3) is 0.714.